The number of para-hydroxylation sites is 1. The van der Waals surface area contributed by atoms with Crippen LogP contribution >= 0.6 is 15.9 Å². The van der Waals surface area contributed by atoms with Gasteiger partial charge < -0.3 is 9.67 Å². The summed E-state index contributed by atoms with van der Waals surface area (Å²) in [6, 6.07) is 8.44. The maximum Gasteiger partial charge on any atom is 0.303 e. The number of hydrogen-bond donors (Lipinski definition) is 1. The van der Waals surface area contributed by atoms with Crippen molar-refractivity contribution in [3.05, 3.63) is 36.0 Å². The zero-order valence-electron chi connectivity index (χ0n) is 12.9. The van der Waals surface area contributed by atoms with Crippen LogP contribution < -0.4 is 0 Å². The van der Waals surface area contributed by atoms with Crippen LogP contribution in [0, 0.1) is 0 Å². The van der Waals surface area contributed by atoms with Crippen molar-refractivity contribution in [2.24, 2.45) is 0 Å². The molecule has 0 spiro atoms. The first-order chi connectivity index (χ1) is 10.7. The SMILES string of the molecule is O=C(O)CCCc1cn(CCCCCCBr)c2ccccc12. The lowest BCUT2D eigenvalue weighted by atomic mass is 10.1. The Balaban J connectivity index is 2.01. The molecule has 2 aromatic rings. The van der Waals surface area contributed by atoms with Crippen molar-refractivity contribution in [3.8, 4) is 0 Å². The predicted octanol–water partition coefficient (Wildman–Crippen LogP) is 5.00. The molecule has 0 atom stereocenters. The number of halogens is 1. The number of aromatic nitrogens is 1. The van der Waals surface area contributed by atoms with E-state index in [1.54, 1.807) is 0 Å². The first kappa shape index (κ1) is 17.1. The Kier molecular flexibility index (Phi) is 6.97. The molecule has 1 aromatic carbocycles. The Hall–Kier alpha value is -1.29. The highest BCUT2D eigenvalue weighted by Crippen LogP contribution is 2.23. The molecule has 22 heavy (non-hydrogen) atoms. The van der Waals surface area contributed by atoms with Crippen molar-refractivity contribution >= 4 is 32.8 Å². The Morgan fingerprint density at radius 2 is 1.86 bits per heavy atom. The zero-order chi connectivity index (χ0) is 15.8. The quantitative estimate of drug-likeness (QED) is 0.475. The van der Waals surface area contributed by atoms with Crippen molar-refractivity contribution in [3.63, 3.8) is 0 Å². The summed E-state index contributed by atoms with van der Waals surface area (Å²) >= 11 is 3.47. The zero-order valence-corrected chi connectivity index (χ0v) is 14.5. The summed E-state index contributed by atoms with van der Waals surface area (Å²) in [5.41, 5.74) is 2.55. The highest BCUT2D eigenvalue weighted by molar-refractivity contribution is 9.09. The molecule has 0 amide bonds. The molecule has 1 heterocycles. The van der Waals surface area contributed by atoms with E-state index >= 15 is 0 Å². The van der Waals surface area contributed by atoms with Crippen LogP contribution in [0.2, 0.25) is 0 Å². The highest BCUT2D eigenvalue weighted by Gasteiger charge is 2.08. The second kappa shape index (κ2) is 8.99. The molecule has 0 fully saturated rings. The average Bonchev–Trinajstić information content (AvgIpc) is 2.85. The second-order valence-electron chi connectivity index (χ2n) is 5.72. The van der Waals surface area contributed by atoms with Gasteiger partial charge in [-0.25, -0.2) is 0 Å². The minimum absolute atomic E-state index is 0.242. The Bertz CT molecular complexity index is 606. The van der Waals surface area contributed by atoms with Crippen LogP contribution in [0.1, 0.15) is 44.1 Å². The Morgan fingerprint density at radius 1 is 1.09 bits per heavy atom. The summed E-state index contributed by atoms with van der Waals surface area (Å²) in [6.45, 7) is 1.04. The van der Waals surface area contributed by atoms with Gasteiger partial charge in [-0.3, -0.25) is 4.79 Å². The van der Waals surface area contributed by atoms with Crippen LogP contribution in [0.3, 0.4) is 0 Å². The third-order valence-corrected chi connectivity index (χ3v) is 4.55. The molecule has 0 bridgehead atoms. The van der Waals surface area contributed by atoms with E-state index in [0.717, 1.165) is 18.3 Å². The fourth-order valence-electron chi connectivity index (χ4n) is 2.87. The van der Waals surface area contributed by atoms with Crippen LogP contribution in [-0.4, -0.2) is 21.0 Å². The highest BCUT2D eigenvalue weighted by atomic mass is 79.9. The first-order valence-electron chi connectivity index (χ1n) is 8.07. The first-order valence-corrected chi connectivity index (χ1v) is 9.19. The van der Waals surface area contributed by atoms with Gasteiger partial charge in [0.05, 0.1) is 0 Å². The minimum Gasteiger partial charge on any atom is -0.481 e. The van der Waals surface area contributed by atoms with E-state index in [1.807, 2.05) is 0 Å². The number of carboxylic acid groups (broad SMARTS) is 1. The fraction of sp³-hybridized carbons (Fsp3) is 0.500. The van der Waals surface area contributed by atoms with Gasteiger partial charge in [0.25, 0.3) is 0 Å². The maximum atomic E-state index is 10.7. The molecule has 0 unspecified atom stereocenters. The van der Waals surface area contributed by atoms with E-state index < -0.39 is 5.97 Å². The molecule has 1 N–H and O–H groups in total. The van der Waals surface area contributed by atoms with Gasteiger partial charge in [0.2, 0.25) is 0 Å². The van der Waals surface area contributed by atoms with E-state index in [9.17, 15) is 4.79 Å². The van der Waals surface area contributed by atoms with Gasteiger partial charge in [-0.15, -0.1) is 0 Å². The fourth-order valence-corrected chi connectivity index (χ4v) is 3.26. The molecule has 0 aliphatic rings. The van der Waals surface area contributed by atoms with Crippen molar-refractivity contribution in [1.29, 1.82) is 0 Å². The van der Waals surface area contributed by atoms with Gasteiger partial charge in [-0.05, 0) is 37.3 Å². The number of alkyl halides is 1. The number of aliphatic carboxylic acids is 1. The molecular formula is C18H24BrNO2. The third kappa shape index (κ3) is 4.87. The molecule has 4 heteroatoms. The van der Waals surface area contributed by atoms with Crippen LogP contribution in [-0.2, 0) is 17.8 Å². The molecule has 3 nitrogen and oxygen atoms in total. The number of fused-ring (bicyclic) bond motifs is 1. The molecule has 0 aliphatic carbocycles. The molecule has 1 aromatic heterocycles. The summed E-state index contributed by atoms with van der Waals surface area (Å²) < 4.78 is 2.33. The van der Waals surface area contributed by atoms with Gasteiger partial charge >= 0.3 is 5.97 Å². The summed E-state index contributed by atoms with van der Waals surface area (Å²) in [5.74, 6) is -0.712. The smallest absolute Gasteiger partial charge is 0.303 e. The van der Waals surface area contributed by atoms with E-state index in [1.165, 1.54) is 42.1 Å². The van der Waals surface area contributed by atoms with Gasteiger partial charge in [-0.1, -0.05) is 47.0 Å². The molecule has 0 saturated heterocycles. The molecular weight excluding hydrogens is 342 g/mol. The van der Waals surface area contributed by atoms with E-state index in [-0.39, 0.29) is 6.42 Å². The van der Waals surface area contributed by atoms with Crippen molar-refractivity contribution in [2.75, 3.05) is 5.33 Å². The number of nitrogens with zero attached hydrogens (tertiary/aromatic N) is 1. The van der Waals surface area contributed by atoms with Crippen molar-refractivity contribution in [1.82, 2.24) is 4.57 Å². The largest absolute Gasteiger partial charge is 0.481 e. The van der Waals surface area contributed by atoms with E-state index in [4.69, 9.17) is 5.11 Å². The van der Waals surface area contributed by atoms with Crippen LogP contribution in [0.25, 0.3) is 10.9 Å². The number of carboxylic acids is 1. The number of hydrogen-bond acceptors (Lipinski definition) is 1. The van der Waals surface area contributed by atoms with Gasteiger partial charge in [-0.2, -0.15) is 0 Å². The number of rotatable bonds is 10. The summed E-state index contributed by atoms with van der Waals surface area (Å²) in [6.07, 6.45) is 8.97. The molecule has 0 aliphatic heterocycles. The van der Waals surface area contributed by atoms with Crippen molar-refractivity contribution < 1.29 is 9.90 Å². The average molecular weight is 366 g/mol. The summed E-state index contributed by atoms with van der Waals surface area (Å²) in [4.78, 5) is 10.7. The van der Waals surface area contributed by atoms with Crippen LogP contribution in [0.15, 0.2) is 30.5 Å². The molecule has 120 valence electrons. The van der Waals surface area contributed by atoms with Gasteiger partial charge in [0.1, 0.15) is 0 Å². The topological polar surface area (TPSA) is 42.2 Å². The molecule has 2 rings (SSSR count). The van der Waals surface area contributed by atoms with Crippen LogP contribution in [0.5, 0.6) is 0 Å². The standard InChI is InChI=1S/C18H24BrNO2/c19-12-5-1-2-6-13-20-14-15(8-7-11-18(21)22)16-9-3-4-10-17(16)20/h3-4,9-10,14H,1-2,5-8,11-13H2,(H,21,22). The monoisotopic (exact) mass is 365 g/mol. The number of benzene rings is 1. The number of carbonyl (C=O) groups is 1. The van der Waals surface area contributed by atoms with E-state index in [2.05, 4.69) is 51.0 Å². The molecule has 0 saturated carbocycles. The van der Waals surface area contributed by atoms with Gasteiger partial charge in [0, 0.05) is 35.4 Å². The summed E-state index contributed by atoms with van der Waals surface area (Å²) in [7, 11) is 0. The third-order valence-electron chi connectivity index (χ3n) is 3.99. The maximum absolute atomic E-state index is 10.7. The van der Waals surface area contributed by atoms with Gasteiger partial charge in [0.15, 0.2) is 0 Å². The lowest BCUT2D eigenvalue weighted by molar-refractivity contribution is -0.137. The number of aryl methyl sites for hydroxylation is 2. The van der Waals surface area contributed by atoms with Crippen LogP contribution in [0.4, 0.5) is 0 Å². The normalized spacial score (nSPS) is 11.1. The second-order valence-corrected chi connectivity index (χ2v) is 6.51. The number of unbranched alkanes of at least 4 members (excludes halogenated alkanes) is 3. The summed E-state index contributed by atoms with van der Waals surface area (Å²) in [5, 5.41) is 11.2. The predicted molar refractivity (Wildman–Crippen MR) is 94.8 cm³/mol. The minimum atomic E-state index is -0.712. The Labute approximate surface area is 140 Å². The Morgan fingerprint density at radius 3 is 2.64 bits per heavy atom. The van der Waals surface area contributed by atoms with E-state index in [0.29, 0.717) is 6.42 Å². The lowest BCUT2D eigenvalue weighted by Gasteiger charge is -2.04. The molecule has 0 radical (unpaired) electrons. The lowest BCUT2D eigenvalue weighted by Crippen LogP contribution is -1.97. The van der Waals surface area contributed by atoms with Crippen molar-refractivity contribution in [2.45, 2.75) is 51.5 Å².